The van der Waals surface area contributed by atoms with Crippen LogP contribution in [0.4, 0.5) is 4.79 Å². The van der Waals surface area contributed by atoms with E-state index < -0.39 is 12.4 Å². The second-order valence-corrected chi connectivity index (χ2v) is 7.85. The molecule has 1 aliphatic heterocycles. The minimum atomic E-state index is -0.831. The van der Waals surface area contributed by atoms with Crippen LogP contribution in [-0.4, -0.2) is 27.5 Å². The van der Waals surface area contributed by atoms with Gasteiger partial charge in [-0.15, -0.1) is 0 Å². The van der Waals surface area contributed by atoms with Crippen LogP contribution in [0.5, 0.6) is 0 Å². The first kappa shape index (κ1) is 19.1. The second-order valence-electron chi connectivity index (χ2n) is 6.25. The van der Waals surface area contributed by atoms with E-state index in [0.717, 1.165) is 24.0 Å². The van der Waals surface area contributed by atoms with Crippen LogP contribution in [0.25, 0.3) is 0 Å². The standard InChI is InChI=1S/C20H22INO4/c21-16-11-12-17(26-19(16)23)18(15-9-5-2-6-10-15)22-20(24)25-13-14-7-3-1-4-8-14/h1-10,16-19,23H,11-13H2,(H,22,24)/t16?,17-,18+,19?/m0/s1. The summed E-state index contributed by atoms with van der Waals surface area (Å²) in [5.74, 6) is 0. The van der Waals surface area contributed by atoms with Gasteiger partial charge in [-0.3, -0.25) is 0 Å². The van der Waals surface area contributed by atoms with Crippen molar-refractivity contribution in [2.45, 2.75) is 41.8 Å². The molecule has 1 heterocycles. The molecule has 0 aromatic heterocycles. The summed E-state index contributed by atoms with van der Waals surface area (Å²) >= 11 is 2.19. The first-order chi connectivity index (χ1) is 12.6. The summed E-state index contributed by atoms with van der Waals surface area (Å²) in [6.07, 6.45) is -0.0533. The minimum Gasteiger partial charge on any atom is -0.445 e. The van der Waals surface area contributed by atoms with Crippen molar-refractivity contribution in [1.82, 2.24) is 5.32 Å². The lowest BCUT2D eigenvalue weighted by molar-refractivity contribution is -0.164. The molecule has 2 aromatic carbocycles. The third kappa shape index (κ3) is 5.18. The number of carbonyl (C=O) groups excluding carboxylic acids is 1. The number of alkyl carbamates (subject to hydrolysis) is 1. The number of nitrogens with one attached hydrogen (secondary N) is 1. The monoisotopic (exact) mass is 467 g/mol. The molecule has 0 radical (unpaired) electrons. The molecule has 3 rings (SSSR count). The summed E-state index contributed by atoms with van der Waals surface area (Å²) in [5, 5.41) is 13.0. The average Bonchev–Trinajstić information content (AvgIpc) is 2.68. The van der Waals surface area contributed by atoms with Gasteiger partial charge in [0.1, 0.15) is 6.61 Å². The van der Waals surface area contributed by atoms with Gasteiger partial charge >= 0.3 is 6.09 Å². The smallest absolute Gasteiger partial charge is 0.408 e. The molecular formula is C20H22INO4. The van der Waals surface area contributed by atoms with Gasteiger partial charge in [-0.1, -0.05) is 83.3 Å². The average molecular weight is 467 g/mol. The predicted octanol–water partition coefficient (Wildman–Crippen LogP) is 3.96. The summed E-state index contributed by atoms with van der Waals surface area (Å²) in [6, 6.07) is 18.8. The fourth-order valence-corrected chi connectivity index (χ4v) is 3.52. The van der Waals surface area contributed by atoms with Gasteiger partial charge in [0.15, 0.2) is 6.29 Å². The quantitative estimate of drug-likeness (QED) is 0.516. The summed E-state index contributed by atoms with van der Waals surface area (Å²) in [7, 11) is 0. The van der Waals surface area contributed by atoms with E-state index in [1.807, 2.05) is 60.7 Å². The van der Waals surface area contributed by atoms with Crippen LogP contribution in [0.15, 0.2) is 60.7 Å². The molecule has 138 valence electrons. The molecule has 1 amide bonds. The molecule has 2 N–H and O–H groups in total. The first-order valence-electron chi connectivity index (χ1n) is 8.63. The lowest BCUT2D eigenvalue weighted by atomic mass is 9.95. The Hall–Kier alpha value is -1.64. The van der Waals surface area contributed by atoms with E-state index in [0.29, 0.717) is 0 Å². The van der Waals surface area contributed by atoms with E-state index in [1.54, 1.807) is 0 Å². The van der Waals surface area contributed by atoms with Crippen LogP contribution in [0.3, 0.4) is 0 Å². The number of hydrogen-bond donors (Lipinski definition) is 2. The number of alkyl halides is 1. The van der Waals surface area contributed by atoms with Gasteiger partial charge in [-0.25, -0.2) is 4.79 Å². The molecule has 0 bridgehead atoms. The van der Waals surface area contributed by atoms with Crippen LogP contribution < -0.4 is 5.32 Å². The van der Waals surface area contributed by atoms with Crippen molar-refractivity contribution in [1.29, 1.82) is 0 Å². The molecule has 0 saturated carbocycles. The number of ether oxygens (including phenoxy) is 2. The Morgan fingerprint density at radius 2 is 1.81 bits per heavy atom. The van der Waals surface area contributed by atoms with Crippen molar-refractivity contribution in [3.05, 3.63) is 71.8 Å². The van der Waals surface area contributed by atoms with E-state index in [-0.39, 0.29) is 22.7 Å². The van der Waals surface area contributed by atoms with Crippen molar-refractivity contribution in [2.24, 2.45) is 0 Å². The van der Waals surface area contributed by atoms with Crippen LogP contribution in [0.2, 0.25) is 0 Å². The molecule has 1 aliphatic rings. The van der Waals surface area contributed by atoms with Crippen molar-refractivity contribution >= 4 is 28.7 Å². The van der Waals surface area contributed by atoms with E-state index in [1.165, 1.54) is 0 Å². The van der Waals surface area contributed by atoms with Crippen LogP contribution in [0, 0.1) is 0 Å². The molecule has 2 unspecified atom stereocenters. The van der Waals surface area contributed by atoms with Gasteiger partial charge in [-0.05, 0) is 24.0 Å². The Balaban J connectivity index is 1.66. The molecule has 2 aromatic rings. The van der Waals surface area contributed by atoms with Gasteiger partial charge in [0.2, 0.25) is 0 Å². The van der Waals surface area contributed by atoms with Crippen LogP contribution in [-0.2, 0) is 16.1 Å². The number of rotatable bonds is 5. The zero-order valence-electron chi connectivity index (χ0n) is 14.3. The number of aliphatic hydroxyl groups excluding tert-OH is 1. The number of benzene rings is 2. The number of amides is 1. The van der Waals surface area contributed by atoms with E-state index in [9.17, 15) is 9.90 Å². The molecule has 4 atom stereocenters. The van der Waals surface area contributed by atoms with Crippen molar-refractivity contribution < 1.29 is 19.4 Å². The molecule has 6 heteroatoms. The molecule has 26 heavy (non-hydrogen) atoms. The topological polar surface area (TPSA) is 67.8 Å². The summed E-state index contributed by atoms with van der Waals surface area (Å²) in [5.41, 5.74) is 1.85. The third-order valence-electron chi connectivity index (χ3n) is 4.37. The number of carbonyl (C=O) groups is 1. The summed E-state index contributed by atoms with van der Waals surface area (Å²) < 4.78 is 11.2. The van der Waals surface area contributed by atoms with Gasteiger partial charge < -0.3 is 19.9 Å². The van der Waals surface area contributed by atoms with Crippen molar-refractivity contribution in [3.63, 3.8) is 0 Å². The highest BCUT2D eigenvalue weighted by Crippen LogP contribution is 2.31. The Morgan fingerprint density at radius 3 is 2.46 bits per heavy atom. The van der Waals surface area contributed by atoms with Gasteiger partial charge in [0.25, 0.3) is 0 Å². The Bertz CT molecular complexity index is 697. The highest BCUT2D eigenvalue weighted by atomic mass is 127. The van der Waals surface area contributed by atoms with Gasteiger partial charge in [-0.2, -0.15) is 0 Å². The number of hydrogen-bond acceptors (Lipinski definition) is 4. The van der Waals surface area contributed by atoms with E-state index >= 15 is 0 Å². The molecule has 1 saturated heterocycles. The fourth-order valence-electron chi connectivity index (χ4n) is 2.99. The van der Waals surface area contributed by atoms with Gasteiger partial charge in [0.05, 0.1) is 16.1 Å². The number of halogens is 1. The Labute approximate surface area is 166 Å². The van der Waals surface area contributed by atoms with Gasteiger partial charge in [0, 0.05) is 0 Å². The maximum absolute atomic E-state index is 12.3. The van der Waals surface area contributed by atoms with E-state index in [4.69, 9.17) is 9.47 Å². The minimum absolute atomic E-state index is 0.0605. The fraction of sp³-hybridized carbons (Fsp3) is 0.350. The molecule has 0 aliphatic carbocycles. The molecule has 1 fully saturated rings. The largest absolute Gasteiger partial charge is 0.445 e. The lowest BCUT2D eigenvalue weighted by Crippen LogP contribution is -2.44. The maximum Gasteiger partial charge on any atom is 0.408 e. The van der Waals surface area contributed by atoms with E-state index in [2.05, 4.69) is 27.9 Å². The highest BCUT2D eigenvalue weighted by molar-refractivity contribution is 14.1. The highest BCUT2D eigenvalue weighted by Gasteiger charge is 2.34. The molecule has 5 nitrogen and oxygen atoms in total. The van der Waals surface area contributed by atoms with Crippen molar-refractivity contribution in [3.8, 4) is 0 Å². The zero-order valence-corrected chi connectivity index (χ0v) is 16.4. The normalized spacial score (nSPS) is 23.8. The zero-order chi connectivity index (χ0) is 18.4. The maximum atomic E-state index is 12.3. The lowest BCUT2D eigenvalue weighted by Gasteiger charge is -2.35. The SMILES string of the molecule is O=C(N[C@H](c1ccccc1)[C@@H]1CCC(I)C(O)O1)OCc1ccccc1. The summed E-state index contributed by atoms with van der Waals surface area (Å²) in [6.45, 7) is 0.207. The second kappa shape index (κ2) is 9.34. The Kier molecular flexibility index (Phi) is 6.87. The predicted molar refractivity (Wildman–Crippen MR) is 107 cm³/mol. The Morgan fingerprint density at radius 1 is 1.15 bits per heavy atom. The molecular weight excluding hydrogens is 445 g/mol. The van der Waals surface area contributed by atoms with Crippen LogP contribution >= 0.6 is 22.6 Å². The summed E-state index contributed by atoms with van der Waals surface area (Å²) in [4.78, 5) is 12.3. The van der Waals surface area contributed by atoms with Crippen LogP contribution in [0.1, 0.15) is 30.0 Å². The molecule has 0 spiro atoms. The first-order valence-corrected chi connectivity index (χ1v) is 9.88. The number of aliphatic hydroxyl groups is 1. The third-order valence-corrected chi connectivity index (χ3v) is 5.61. The van der Waals surface area contributed by atoms with Crippen molar-refractivity contribution in [2.75, 3.05) is 0 Å².